The molecule has 1 saturated heterocycles. The van der Waals surface area contributed by atoms with Crippen LogP contribution in [0.25, 0.3) is 0 Å². The maximum Gasteiger partial charge on any atom is 0.254 e. The van der Waals surface area contributed by atoms with Crippen LogP contribution in [0.5, 0.6) is 0 Å². The lowest BCUT2D eigenvalue weighted by atomic mass is 10.1. The number of pyridine rings is 1. The zero-order valence-electron chi connectivity index (χ0n) is 12.8. The van der Waals surface area contributed by atoms with Crippen molar-refractivity contribution in [2.75, 3.05) is 31.1 Å². The number of nitrogens with zero attached hydrogens (tertiary/aromatic N) is 5. The van der Waals surface area contributed by atoms with Crippen LogP contribution in [0.1, 0.15) is 15.9 Å². The van der Waals surface area contributed by atoms with E-state index in [1.165, 1.54) is 6.33 Å². The Morgan fingerprint density at radius 2 is 1.75 bits per heavy atom. The maximum absolute atomic E-state index is 12.7. The molecule has 9 heteroatoms. The molecule has 6 nitrogen and oxygen atoms in total. The van der Waals surface area contributed by atoms with Gasteiger partial charge < -0.3 is 9.80 Å². The molecule has 1 amide bonds. The van der Waals surface area contributed by atoms with Crippen LogP contribution >= 0.6 is 34.8 Å². The number of anilines is 1. The molecular formula is C15H14Cl3N5O. The van der Waals surface area contributed by atoms with Gasteiger partial charge in [-0.05, 0) is 18.6 Å². The first kappa shape index (κ1) is 17.2. The van der Waals surface area contributed by atoms with E-state index in [4.69, 9.17) is 34.8 Å². The average Bonchev–Trinajstić information content (AvgIpc) is 2.57. The smallest absolute Gasteiger partial charge is 0.254 e. The summed E-state index contributed by atoms with van der Waals surface area (Å²) in [7, 11) is 0. The van der Waals surface area contributed by atoms with Gasteiger partial charge in [0.05, 0.1) is 0 Å². The lowest BCUT2D eigenvalue weighted by Gasteiger charge is -2.35. The molecule has 0 bridgehead atoms. The Morgan fingerprint density at radius 1 is 1.04 bits per heavy atom. The second-order valence-electron chi connectivity index (χ2n) is 5.39. The molecule has 1 aliphatic rings. The highest BCUT2D eigenvalue weighted by Gasteiger charge is 2.25. The zero-order chi connectivity index (χ0) is 17.3. The number of carbonyl (C=O) groups is 1. The van der Waals surface area contributed by atoms with Gasteiger partial charge in [0.2, 0.25) is 0 Å². The van der Waals surface area contributed by atoms with Gasteiger partial charge in [-0.1, -0.05) is 34.8 Å². The van der Waals surface area contributed by atoms with Crippen molar-refractivity contribution in [3.8, 4) is 0 Å². The van der Waals surface area contributed by atoms with Crippen molar-refractivity contribution in [1.29, 1.82) is 0 Å². The fraction of sp³-hybridized carbons (Fsp3) is 0.333. The van der Waals surface area contributed by atoms with Crippen LogP contribution in [0.15, 0.2) is 18.5 Å². The molecular weight excluding hydrogens is 373 g/mol. The molecule has 2 aromatic rings. The van der Waals surface area contributed by atoms with Crippen molar-refractivity contribution in [3.63, 3.8) is 0 Å². The van der Waals surface area contributed by atoms with Gasteiger partial charge in [-0.3, -0.25) is 4.79 Å². The Morgan fingerprint density at radius 3 is 2.42 bits per heavy atom. The zero-order valence-corrected chi connectivity index (χ0v) is 15.1. The van der Waals surface area contributed by atoms with Gasteiger partial charge in [0.1, 0.15) is 27.6 Å². The molecule has 3 rings (SSSR count). The quantitative estimate of drug-likeness (QED) is 0.586. The highest BCUT2D eigenvalue weighted by Crippen LogP contribution is 2.23. The molecule has 0 radical (unpaired) electrons. The van der Waals surface area contributed by atoms with Crippen LogP contribution in [0, 0.1) is 6.92 Å². The molecule has 126 valence electrons. The third kappa shape index (κ3) is 3.55. The van der Waals surface area contributed by atoms with Gasteiger partial charge in [0, 0.05) is 37.8 Å². The van der Waals surface area contributed by atoms with Gasteiger partial charge in [-0.15, -0.1) is 0 Å². The van der Waals surface area contributed by atoms with E-state index in [2.05, 4.69) is 19.9 Å². The summed E-state index contributed by atoms with van der Waals surface area (Å²) in [5, 5.41) is 0.860. The number of hydrogen-bond donors (Lipinski definition) is 0. The standard InChI is InChI=1S/C15H14Cl3N5O/c1-9-10(6-12(17)21-14(9)18)15(24)23-4-2-22(3-5-23)13-7-11(16)19-8-20-13/h6-8H,2-5H2,1H3. The number of rotatable bonds is 2. The van der Waals surface area contributed by atoms with Crippen LogP contribution < -0.4 is 4.90 Å². The van der Waals surface area contributed by atoms with Crippen molar-refractivity contribution in [2.45, 2.75) is 6.92 Å². The summed E-state index contributed by atoms with van der Waals surface area (Å²) in [5.41, 5.74) is 1.12. The van der Waals surface area contributed by atoms with E-state index < -0.39 is 0 Å². The summed E-state index contributed by atoms with van der Waals surface area (Å²) in [4.78, 5) is 28.6. The minimum atomic E-state index is -0.0981. The Bertz CT molecular complexity index is 778. The van der Waals surface area contributed by atoms with Crippen LogP contribution in [0.4, 0.5) is 5.82 Å². The fourth-order valence-corrected chi connectivity index (χ4v) is 3.15. The van der Waals surface area contributed by atoms with Gasteiger partial charge >= 0.3 is 0 Å². The lowest BCUT2D eigenvalue weighted by molar-refractivity contribution is 0.0745. The highest BCUT2D eigenvalue weighted by molar-refractivity contribution is 6.33. The molecule has 2 aromatic heterocycles. The number of aromatic nitrogens is 3. The summed E-state index contributed by atoms with van der Waals surface area (Å²) < 4.78 is 0. The predicted molar refractivity (Wildman–Crippen MR) is 94.2 cm³/mol. The molecule has 0 saturated carbocycles. The lowest BCUT2D eigenvalue weighted by Crippen LogP contribution is -2.49. The molecule has 3 heterocycles. The molecule has 0 N–H and O–H groups in total. The van der Waals surface area contributed by atoms with E-state index in [9.17, 15) is 4.79 Å². The van der Waals surface area contributed by atoms with E-state index in [1.54, 1.807) is 24.0 Å². The second-order valence-corrected chi connectivity index (χ2v) is 6.52. The number of amides is 1. The van der Waals surface area contributed by atoms with Crippen molar-refractivity contribution < 1.29 is 4.79 Å². The molecule has 0 aromatic carbocycles. The van der Waals surface area contributed by atoms with Crippen LogP contribution in [-0.2, 0) is 0 Å². The van der Waals surface area contributed by atoms with E-state index in [1.807, 2.05) is 0 Å². The normalized spacial score (nSPS) is 14.8. The minimum absolute atomic E-state index is 0.0981. The highest BCUT2D eigenvalue weighted by atomic mass is 35.5. The van der Waals surface area contributed by atoms with Crippen molar-refractivity contribution in [2.24, 2.45) is 0 Å². The second kappa shape index (κ2) is 7.09. The van der Waals surface area contributed by atoms with E-state index in [0.717, 1.165) is 5.82 Å². The Kier molecular flexibility index (Phi) is 5.08. The number of hydrogen-bond acceptors (Lipinski definition) is 5. The van der Waals surface area contributed by atoms with Crippen molar-refractivity contribution in [1.82, 2.24) is 19.9 Å². The molecule has 0 spiro atoms. The van der Waals surface area contributed by atoms with Gasteiger partial charge in [-0.2, -0.15) is 0 Å². The Labute approximate surface area is 154 Å². The van der Waals surface area contributed by atoms with E-state index in [-0.39, 0.29) is 16.2 Å². The van der Waals surface area contributed by atoms with Crippen LogP contribution in [0.3, 0.4) is 0 Å². The minimum Gasteiger partial charge on any atom is -0.353 e. The molecule has 0 atom stereocenters. The van der Waals surface area contributed by atoms with Crippen molar-refractivity contribution >= 4 is 46.5 Å². The van der Waals surface area contributed by atoms with E-state index >= 15 is 0 Å². The van der Waals surface area contributed by atoms with Gasteiger partial charge in [-0.25, -0.2) is 15.0 Å². The fourth-order valence-electron chi connectivity index (χ4n) is 2.58. The largest absolute Gasteiger partial charge is 0.353 e. The number of piperazine rings is 1. The summed E-state index contributed by atoms with van der Waals surface area (Å²) in [6.07, 6.45) is 1.43. The van der Waals surface area contributed by atoms with Gasteiger partial charge in [0.15, 0.2) is 0 Å². The summed E-state index contributed by atoms with van der Waals surface area (Å²) in [6, 6.07) is 3.27. The molecule has 0 unspecified atom stereocenters. The number of halogens is 3. The topological polar surface area (TPSA) is 62.2 Å². The summed E-state index contributed by atoms with van der Waals surface area (Å²) in [5.74, 6) is 0.660. The summed E-state index contributed by atoms with van der Waals surface area (Å²) >= 11 is 17.8. The van der Waals surface area contributed by atoms with Crippen LogP contribution in [0.2, 0.25) is 15.5 Å². The monoisotopic (exact) mass is 385 g/mol. The van der Waals surface area contributed by atoms with Gasteiger partial charge in [0.25, 0.3) is 5.91 Å². The molecule has 1 aliphatic heterocycles. The summed E-state index contributed by atoms with van der Waals surface area (Å²) in [6.45, 7) is 4.21. The molecule has 0 aliphatic carbocycles. The Balaban J connectivity index is 1.72. The molecule has 1 fully saturated rings. The first-order valence-electron chi connectivity index (χ1n) is 7.30. The third-order valence-electron chi connectivity index (χ3n) is 3.92. The van der Waals surface area contributed by atoms with Crippen LogP contribution in [-0.4, -0.2) is 51.9 Å². The van der Waals surface area contributed by atoms with E-state index in [0.29, 0.717) is 42.5 Å². The van der Waals surface area contributed by atoms with Crippen molar-refractivity contribution in [3.05, 3.63) is 45.0 Å². The first-order valence-corrected chi connectivity index (χ1v) is 8.43. The Hall–Kier alpha value is -1.63. The predicted octanol–water partition coefficient (Wildman–Crippen LogP) is 3.10. The maximum atomic E-state index is 12.7. The molecule has 24 heavy (non-hydrogen) atoms. The SMILES string of the molecule is Cc1c(C(=O)N2CCN(c3cc(Cl)ncn3)CC2)cc(Cl)nc1Cl. The third-order valence-corrected chi connectivity index (χ3v) is 4.69. The first-order chi connectivity index (χ1) is 11.5. The average molecular weight is 387 g/mol. The number of carbonyl (C=O) groups excluding carboxylic acids is 1.